The number of fused-ring (bicyclic) bond motifs is 2. The van der Waals surface area contributed by atoms with Crippen molar-refractivity contribution in [1.29, 1.82) is 0 Å². The van der Waals surface area contributed by atoms with Gasteiger partial charge in [-0.05, 0) is 54.3 Å². The lowest BCUT2D eigenvalue weighted by Crippen LogP contribution is -2.16. The van der Waals surface area contributed by atoms with Crippen LogP contribution in [0, 0.1) is 6.92 Å². The molecular weight excluding hydrogens is 446 g/mol. The standard InChI is InChI=1S/C19H13N3O5S3/c1-10-6-15-16(27-9-26-15)8-12(10)18(23)19-17(4-5-28-19)30(24,25)22-11-2-3-13-14(7-11)21-29-20-13/h2-8,22H,9H2,1H3. The van der Waals surface area contributed by atoms with Gasteiger partial charge in [-0.3, -0.25) is 9.52 Å². The van der Waals surface area contributed by atoms with Crippen LogP contribution in [-0.2, 0) is 10.0 Å². The van der Waals surface area contributed by atoms with Gasteiger partial charge in [0.1, 0.15) is 15.9 Å². The first-order valence-electron chi connectivity index (χ1n) is 8.70. The van der Waals surface area contributed by atoms with Crippen LogP contribution in [0.2, 0.25) is 0 Å². The Balaban J connectivity index is 1.50. The Bertz CT molecular complexity index is 1410. The first-order valence-corrected chi connectivity index (χ1v) is 11.8. The number of rotatable bonds is 5. The molecule has 152 valence electrons. The molecule has 1 N–H and O–H groups in total. The lowest BCUT2D eigenvalue weighted by Gasteiger charge is -2.10. The third-order valence-corrected chi connectivity index (χ3v) is 7.62. The van der Waals surface area contributed by atoms with E-state index in [0.29, 0.717) is 39.3 Å². The fraction of sp³-hybridized carbons (Fsp3) is 0.105. The van der Waals surface area contributed by atoms with Crippen LogP contribution < -0.4 is 14.2 Å². The predicted molar refractivity (Wildman–Crippen MR) is 113 cm³/mol. The quantitative estimate of drug-likeness (QED) is 0.452. The van der Waals surface area contributed by atoms with Crippen LogP contribution in [0.25, 0.3) is 11.0 Å². The molecule has 0 unspecified atom stereocenters. The molecule has 2 aromatic carbocycles. The van der Waals surface area contributed by atoms with Gasteiger partial charge in [-0.2, -0.15) is 8.75 Å². The van der Waals surface area contributed by atoms with E-state index < -0.39 is 10.0 Å². The molecule has 2 aromatic heterocycles. The number of nitrogens with one attached hydrogen (secondary N) is 1. The van der Waals surface area contributed by atoms with Gasteiger partial charge in [0.05, 0.1) is 22.3 Å². The highest BCUT2D eigenvalue weighted by molar-refractivity contribution is 7.93. The van der Waals surface area contributed by atoms with E-state index in [4.69, 9.17) is 9.47 Å². The Morgan fingerprint density at radius 1 is 1.07 bits per heavy atom. The van der Waals surface area contributed by atoms with Crippen molar-refractivity contribution in [2.45, 2.75) is 11.8 Å². The molecule has 3 heterocycles. The largest absolute Gasteiger partial charge is 0.454 e. The average molecular weight is 460 g/mol. The van der Waals surface area contributed by atoms with E-state index in [2.05, 4.69) is 13.5 Å². The zero-order valence-corrected chi connectivity index (χ0v) is 17.9. The summed E-state index contributed by atoms with van der Waals surface area (Å²) in [6, 6.07) is 9.63. The molecule has 8 nitrogen and oxygen atoms in total. The van der Waals surface area contributed by atoms with Gasteiger partial charge in [0.15, 0.2) is 11.5 Å². The van der Waals surface area contributed by atoms with Crippen molar-refractivity contribution in [2.24, 2.45) is 0 Å². The second-order valence-electron chi connectivity index (χ2n) is 6.54. The summed E-state index contributed by atoms with van der Waals surface area (Å²) in [5.74, 6) is 0.644. The summed E-state index contributed by atoms with van der Waals surface area (Å²) < 4.78 is 47.5. The number of anilines is 1. The van der Waals surface area contributed by atoms with Crippen molar-refractivity contribution >= 4 is 55.6 Å². The van der Waals surface area contributed by atoms with Crippen molar-refractivity contribution < 1.29 is 22.7 Å². The number of nitrogens with zero attached hydrogens (tertiary/aromatic N) is 2. The van der Waals surface area contributed by atoms with Crippen LogP contribution in [-0.4, -0.2) is 29.7 Å². The Hall–Kier alpha value is -3.02. The lowest BCUT2D eigenvalue weighted by atomic mass is 10.0. The number of ketones is 1. The highest BCUT2D eigenvalue weighted by Crippen LogP contribution is 2.36. The Kier molecular flexibility index (Phi) is 4.45. The Morgan fingerprint density at radius 2 is 1.83 bits per heavy atom. The monoisotopic (exact) mass is 459 g/mol. The highest BCUT2D eigenvalue weighted by atomic mass is 32.2. The number of sulfonamides is 1. The number of carbonyl (C=O) groups is 1. The molecule has 5 rings (SSSR count). The maximum Gasteiger partial charge on any atom is 0.263 e. The molecule has 0 saturated heterocycles. The molecule has 1 aliphatic rings. The Morgan fingerprint density at radius 3 is 2.67 bits per heavy atom. The van der Waals surface area contributed by atoms with Crippen LogP contribution >= 0.6 is 23.1 Å². The van der Waals surface area contributed by atoms with Gasteiger partial charge in [-0.1, -0.05) is 0 Å². The smallest absolute Gasteiger partial charge is 0.263 e. The number of hydrogen-bond donors (Lipinski definition) is 1. The summed E-state index contributed by atoms with van der Waals surface area (Å²) in [5, 5.41) is 1.58. The summed E-state index contributed by atoms with van der Waals surface area (Å²) in [7, 11) is -3.99. The zero-order chi connectivity index (χ0) is 20.9. The molecule has 0 fully saturated rings. The van der Waals surface area contributed by atoms with Gasteiger partial charge >= 0.3 is 0 Å². The van der Waals surface area contributed by atoms with E-state index >= 15 is 0 Å². The number of hydrogen-bond acceptors (Lipinski definition) is 9. The molecule has 0 atom stereocenters. The molecule has 30 heavy (non-hydrogen) atoms. The summed E-state index contributed by atoms with van der Waals surface area (Å²) in [4.78, 5) is 13.2. The SMILES string of the molecule is Cc1cc2c(cc1C(=O)c1sccc1S(=O)(=O)Nc1ccc3nsnc3c1)OCO2. The minimum absolute atomic E-state index is 0.0777. The van der Waals surface area contributed by atoms with E-state index in [9.17, 15) is 13.2 Å². The number of aryl methyl sites for hydroxylation is 1. The topological polar surface area (TPSA) is 107 Å². The third-order valence-electron chi connectivity index (χ3n) is 4.60. The molecule has 11 heteroatoms. The summed E-state index contributed by atoms with van der Waals surface area (Å²) in [5.41, 5.74) is 2.67. The zero-order valence-electron chi connectivity index (χ0n) is 15.4. The molecule has 0 radical (unpaired) electrons. The van der Waals surface area contributed by atoms with Crippen molar-refractivity contribution in [3.05, 3.63) is 57.8 Å². The third kappa shape index (κ3) is 3.20. The average Bonchev–Trinajstić information content (AvgIpc) is 3.45. The lowest BCUT2D eigenvalue weighted by molar-refractivity contribution is 0.103. The molecule has 0 saturated carbocycles. The second-order valence-corrected chi connectivity index (χ2v) is 9.63. The molecular formula is C19H13N3O5S3. The van der Waals surface area contributed by atoms with Crippen LogP contribution in [0.3, 0.4) is 0 Å². The van der Waals surface area contributed by atoms with Gasteiger partial charge in [-0.25, -0.2) is 8.42 Å². The van der Waals surface area contributed by atoms with Crippen molar-refractivity contribution in [1.82, 2.24) is 8.75 Å². The number of thiophene rings is 1. The number of benzene rings is 2. The molecule has 4 aromatic rings. The van der Waals surface area contributed by atoms with Gasteiger partial charge in [0, 0.05) is 5.56 Å². The van der Waals surface area contributed by atoms with Crippen LogP contribution in [0.4, 0.5) is 5.69 Å². The van der Waals surface area contributed by atoms with Crippen molar-refractivity contribution in [3.8, 4) is 11.5 Å². The summed E-state index contributed by atoms with van der Waals surface area (Å²) in [6.07, 6.45) is 0. The van der Waals surface area contributed by atoms with E-state index in [-0.39, 0.29) is 22.3 Å². The summed E-state index contributed by atoms with van der Waals surface area (Å²) in [6.45, 7) is 1.86. The number of carbonyl (C=O) groups excluding carboxylic acids is 1. The predicted octanol–water partition coefficient (Wildman–Crippen LogP) is 3.82. The molecule has 0 aliphatic carbocycles. The first kappa shape index (κ1) is 19.0. The van der Waals surface area contributed by atoms with E-state index in [1.54, 1.807) is 42.6 Å². The fourth-order valence-electron chi connectivity index (χ4n) is 3.14. The van der Waals surface area contributed by atoms with E-state index in [0.717, 1.165) is 23.1 Å². The van der Waals surface area contributed by atoms with E-state index in [1.165, 1.54) is 6.07 Å². The normalized spacial score (nSPS) is 13.0. The number of aromatic nitrogens is 2. The van der Waals surface area contributed by atoms with Crippen LogP contribution in [0.5, 0.6) is 11.5 Å². The van der Waals surface area contributed by atoms with Gasteiger partial charge < -0.3 is 9.47 Å². The fourth-order valence-corrected chi connectivity index (χ4v) is 6.09. The maximum atomic E-state index is 13.2. The minimum atomic E-state index is -3.99. The number of ether oxygens (including phenoxy) is 2. The molecule has 1 aliphatic heterocycles. The van der Waals surface area contributed by atoms with Gasteiger partial charge in [-0.15, -0.1) is 11.3 Å². The first-order chi connectivity index (χ1) is 14.4. The van der Waals surface area contributed by atoms with Crippen LogP contribution in [0.1, 0.15) is 20.8 Å². The summed E-state index contributed by atoms with van der Waals surface area (Å²) >= 11 is 2.13. The Labute approximate surface area is 179 Å². The molecule has 0 spiro atoms. The van der Waals surface area contributed by atoms with Gasteiger partial charge in [0.2, 0.25) is 12.6 Å². The molecule has 0 bridgehead atoms. The van der Waals surface area contributed by atoms with Crippen molar-refractivity contribution in [3.63, 3.8) is 0 Å². The second kappa shape index (κ2) is 7.04. The highest BCUT2D eigenvalue weighted by Gasteiger charge is 2.27. The minimum Gasteiger partial charge on any atom is -0.454 e. The van der Waals surface area contributed by atoms with Gasteiger partial charge in [0.25, 0.3) is 10.0 Å². The van der Waals surface area contributed by atoms with E-state index in [1.807, 2.05) is 0 Å². The molecule has 0 amide bonds. The van der Waals surface area contributed by atoms with Crippen molar-refractivity contribution in [2.75, 3.05) is 11.5 Å². The maximum absolute atomic E-state index is 13.2. The van der Waals surface area contributed by atoms with Crippen LogP contribution in [0.15, 0.2) is 46.7 Å².